The van der Waals surface area contributed by atoms with Crippen molar-refractivity contribution in [1.29, 1.82) is 5.26 Å². The lowest BCUT2D eigenvalue weighted by atomic mass is 10.3. The number of hydrogen-bond acceptors (Lipinski definition) is 5. The van der Waals surface area contributed by atoms with Crippen LogP contribution in [-0.4, -0.2) is 21.6 Å². The molecule has 0 aliphatic rings. The molecular weight excluding hydrogens is 326 g/mol. The lowest BCUT2D eigenvalue weighted by molar-refractivity contribution is -0.113. The molecule has 1 aromatic carbocycles. The number of carbonyl (C=O) groups is 1. The van der Waals surface area contributed by atoms with Crippen LogP contribution in [0.4, 0.5) is 14.5 Å². The van der Waals surface area contributed by atoms with E-state index in [1.807, 2.05) is 6.07 Å². The lowest BCUT2D eigenvalue weighted by Crippen LogP contribution is -2.18. The molecule has 0 aliphatic heterocycles. The number of aromatic nitrogens is 2. The Hall–Kier alpha value is -2.73. The molecule has 0 fully saturated rings. The van der Waals surface area contributed by atoms with Crippen LogP contribution in [0, 0.1) is 29.9 Å². The predicted molar refractivity (Wildman–Crippen MR) is 80.0 cm³/mol. The molecule has 0 saturated carbocycles. The van der Waals surface area contributed by atoms with Crippen LogP contribution < -0.4 is 11.0 Å². The molecule has 0 saturated heterocycles. The summed E-state index contributed by atoms with van der Waals surface area (Å²) in [6.45, 7) is 1.53. The Kier molecular flexibility index (Phi) is 5.08. The van der Waals surface area contributed by atoms with E-state index in [4.69, 9.17) is 5.26 Å². The van der Waals surface area contributed by atoms with Gasteiger partial charge in [-0.15, -0.1) is 0 Å². The van der Waals surface area contributed by atoms with Crippen molar-refractivity contribution in [3.05, 3.63) is 51.6 Å². The molecule has 0 radical (unpaired) electrons. The third kappa shape index (κ3) is 3.92. The molecule has 118 valence electrons. The minimum absolute atomic E-state index is 0.0814. The predicted octanol–water partition coefficient (Wildman–Crippen LogP) is 1.96. The first-order valence-corrected chi connectivity index (χ1v) is 7.28. The molecule has 2 aromatic rings. The number of nitriles is 1. The highest BCUT2D eigenvalue weighted by atomic mass is 32.2. The van der Waals surface area contributed by atoms with Crippen LogP contribution >= 0.6 is 11.8 Å². The zero-order valence-corrected chi connectivity index (χ0v) is 12.6. The smallest absolute Gasteiger partial charge is 0.320 e. The van der Waals surface area contributed by atoms with Gasteiger partial charge in [-0.05, 0) is 19.1 Å². The summed E-state index contributed by atoms with van der Waals surface area (Å²) in [6.07, 6.45) is 0. The summed E-state index contributed by atoms with van der Waals surface area (Å²) in [5.41, 5.74) is -0.728. The molecule has 0 aliphatic carbocycles. The Bertz CT molecular complexity index is 841. The first-order chi connectivity index (χ1) is 10.9. The van der Waals surface area contributed by atoms with Crippen molar-refractivity contribution in [3.8, 4) is 6.07 Å². The van der Waals surface area contributed by atoms with E-state index in [9.17, 15) is 18.4 Å². The molecule has 23 heavy (non-hydrogen) atoms. The van der Waals surface area contributed by atoms with Gasteiger partial charge in [0.25, 0.3) is 0 Å². The molecule has 0 unspecified atom stereocenters. The fourth-order valence-electron chi connectivity index (χ4n) is 1.72. The molecule has 1 aromatic heterocycles. The van der Waals surface area contributed by atoms with Crippen LogP contribution in [0.25, 0.3) is 0 Å². The van der Waals surface area contributed by atoms with Gasteiger partial charge in [0, 0.05) is 5.69 Å². The first-order valence-electron chi connectivity index (χ1n) is 6.30. The van der Waals surface area contributed by atoms with Crippen molar-refractivity contribution in [2.75, 3.05) is 11.1 Å². The van der Waals surface area contributed by atoms with Gasteiger partial charge in [-0.1, -0.05) is 17.8 Å². The number of thioether (sulfide) groups is 1. The lowest BCUT2D eigenvalue weighted by Gasteiger charge is -2.08. The molecule has 6 nitrogen and oxygen atoms in total. The highest BCUT2D eigenvalue weighted by Gasteiger charge is 2.15. The summed E-state index contributed by atoms with van der Waals surface area (Å²) in [7, 11) is 0. The monoisotopic (exact) mass is 336 g/mol. The average Bonchev–Trinajstić information content (AvgIpc) is 2.48. The number of anilines is 1. The van der Waals surface area contributed by atoms with E-state index in [0.717, 1.165) is 23.9 Å². The Morgan fingerprint density at radius 2 is 2.09 bits per heavy atom. The second-order valence-electron chi connectivity index (χ2n) is 4.39. The number of carbonyl (C=O) groups excluding carboxylic acids is 1. The number of benzene rings is 1. The van der Waals surface area contributed by atoms with Crippen molar-refractivity contribution in [3.63, 3.8) is 0 Å². The van der Waals surface area contributed by atoms with Gasteiger partial charge in [-0.2, -0.15) is 10.2 Å². The third-order valence-corrected chi connectivity index (χ3v) is 3.74. The number of amides is 1. The molecular formula is C14H10F2N4O2S. The maximum absolute atomic E-state index is 13.4. The zero-order chi connectivity index (χ0) is 17.0. The highest BCUT2D eigenvalue weighted by Crippen LogP contribution is 2.22. The standard InChI is InChI=1S/C14H10F2N4O2S/c1-7-8(5-17)13(20-14(22)18-7)23-6-11(21)19-12-9(15)3-2-4-10(12)16/h2-4H,6H2,1H3,(H,19,21)(H,18,20,22). The van der Waals surface area contributed by atoms with Crippen LogP contribution in [-0.2, 0) is 4.79 Å². The number of aromatic amines is 1. The molecule has 9 heteroatoms. The normalized spacial score (nSPS) is 10.2. The largest absolute Gasteiger partial charge is 0.346 e. The second-order valence-corrected chi connectivity index (χ2v) is 5.36. The molecule has 0 bridgehead atoms. The fourth-order valence-corrected chi connectivity index (χ4v) is 2.55. The van der Waals surface area contributed by atoms with Gasteiger partial charge in [-0.25, -0.2) is 13.6 Å². The second kappa shape index (κ2) is 7.02. The van der Waals surface area contributed by atoms with Gasteiger partial charge in [0.1, 0.15) is 34.0 Å². The number of rotatable bonds is 4. The summed E-state index contributed by atoms with van der Waals surface area (Å²) in [6, 6.07) is 5.09. The maximum atomic E-state index is 13.4. The van der Waals surface area contributed by atoms with Gasteiger partial charge in [-0.3, -0.25) is 4.79 Å². The average molecular weight is 336 g/mol. The number of para-hydroxylation sites is 1. The highest BCUT2D eigenvalue weighted by molar-refractivity contribution is 8.00. The SMILES string of the molecule is Cc1[nH]c(=O)nc(SCC(=O)Nc2c(F)cccc2F)c1C#N. The summed E-state index contributed by atoms with van der Waals surface area (Å²) < 4.78 is 26.9. The van der Waals surface area contributed by atoms with Crippen molar-refractivity contribution in [2.45, 2.75) is 11.9 Å². The molecule has 0 spiro atoms. The van der Waals surface area contributed by atoms with Gasteiger partial charge in [0.05, 0.1) is 5.75 Å². The number of halogens is 2. The van der Waals surface area contributed by atoms with Gasteiger partial charge < -0.3 is 10.3 Å². The van der Waals surface area contributed by atoms with Crippen molar-refractivity contribution < 1.29 is 13.6 Å². The quantitative estimate of drug-likeness (QED) is 0.657. The summed E-state index contributed by atoms with van der Waals surface area (Å²) in [5.74, 6) is -2.75. The van der Waals surface area contributed by atoms with Crippen LogP contribution in [0.3, 0.4) is 0 Å². The number of nitrogens with zero attached hydrogens (tertiary/aromatic N) is 2. The Labute approximate surface area is 133 Å². The molecule has 0 atom stereocenters. The Morgan fingerprint density at radius 3 is 2.70 bits per heavy atom. The van der Waals surface area contributed by atoms with E-state index < -0.39 is 28.9 Å². The number of H-pyrrole nitrogens is 1. The Morgan fingerprint density at radius 1 is 1.43 bits per heavy atom. The van der Waals surface area contributed by atoms with Gasteiger partial charge in [0.2, 0.25) is 5.91 Å². The minimum Gasteiger partial charge on any atom is -0.320 e. The number of hydrogen-bond donors (Lipinski definition) is 2. The van der Waals surface area contributed by atoms with Gasteiger partial charge in [0.15, 0.2) is 0 Å². The minimum atomic E-state index is -0.897. The zero-order valence-electron chi connectivity index (χ0n) is 11.8. The molecule has 2 rings (SSSR count). The molecule has 2 N–H and O–H groups in total. The van der Waals surface area contributed by atoms with Crippen LogP contribution in [0.2, 0.25) is 0 Å². The summed E-state index contributed by atoms with van der Waals surface area (Å²) in [4.78, 5) is 29.1. The van der Waals surface area contributed by atoms with Crippen molar-refractivity contribution in [2.24, 2.45) is 0 Å². The van der Waals surface area contributed by atoms with Crippen molar-refractivity contribution >= 4 is 23.4 Å². The molecule has 1 amide bonds. The van der Waals surface area contributed by atoms with E-state index in [2.05, 4.69) is 15.3 Å². The van der Waals surface area contributed by atoms with E-state index in [1.165, 1.54) is 13.0 Å². The van der Waals surface area contributed by atoms with Gasteiger partial charge >= 0.3 is 5.69 Å². The van der Waals surface area contributed by atoms with E-state index in [1.54, 1.807) is 0 Å². The molecule has 1 heterocycles. The first kappa shape index (κ1) is 16.6. The van der Waals surface area contributed by atoms with E-state index >= 15 is 0 Å². The van der Waals surface area contributed by atoms with E-state index in [0.29, 0.717) is 5.69 Å². The maximum Gasteiger partial charge on any atom is 0.346 e. The summed E-state index contributed by atoms with van der Waals surface area (Å²) in [5, 5.41) is 11.2. The van der Waals surface area contributed by atoms with Crippen LogP contribution in [0.1, 0.15) is 11.3 Å². The van der Waals surface area contributed by atoms with Crippen LogP contribution in [0.15, 0.2) is 28.0 Å². The number of aryl methyl sites for hydroxylation is 1. The number of nitrogens with one attached hydrogen (secondary N) is 2. The topological polar surface area (TPSA) is 98.6 Å². The van der Waals surface area contributed by atoms with E-state index in [-0.39, 0.29) is 16.3 Å². The summed E-state index contributed by atoms with van der Waals surface area (Å²) >= 11 is 0.828. The van der Waals surface area contributed by atoms with Crippen LogP contribution in [0.5, 0.6) is 0 Å². The Balaban J connectivity index is 2.12. The van der Waals surface area contributed by atoms with Crippen molar-refractivity contribution in [1.82, 2.24) is 9.97 Å². The fraction of sp³-hybridized carbons (Fsp3) is 0.143. The third-order valence-electron chi connectivity index (χ3n) is 2.77.